The molecule has 6 heteroatoms. The quantitative estimate of drug-likeness (QED) is 0.262. The smallest absolute Gasteiger partial charge is 0.333 e. The molecule has 0 aliphatic rings. The molecule has 0 bridgehead atoms. The van der Waals surface area contributed by atoms with Crippen LogP contribution in [0.1, 0.15) is 22.8 Å². The maximum Gasteiger partial charge on any atom is 0.333 e. The summed E-state index contributed by atoms with van der Waals surface area (Å²) in [6.07, 6.45) is 0.497. The van der Waals surface area contributed by atoms with Crippen molar-refractivity contribution >= 4 is 17.9 Å². The number of carbonyl (C=O) groups excluding carboxylic acids is 2. The molecule has 0 aliphatic carbocycles. The van der Waals surface area contributed by atoms with E-state index in [1.165, 1.54) is 19.1 Å². The molecule has 0 heterocycles. The fourth-order valence-corrected chi connectivity index (χ4v) is 1.23. The molecule has 0 N–H and O–H groups in total. The molecule has 1 aromatic rings. The number of hydrogen-bond acceptors (Lipinski definition) is 5. The SMILES string of the molecule is C=C(C)C(=O)OCc1cc(C=O)cc([N+](=O)[O-])c1. The van der Waals surface area contributed by atoms with Gasteiger partial charge in [-0.25, -0.2) is 4.79 Å². The summed E-state index contributed by atoms with van der Waals surface area (Å²) in [6.45, 7) is 4.76. The van der Waals surface area contributed by atoms with E-state index in [0.717, 1.165) is 6.07 Å². The summed E-state index contributed by atoms with van der Waals surface area (Å²) in [4.78, 5) is 31.8. The third-order valence-corrected chi connectivity index (χ3v) is 2.07. The van der Waals surface area contributed by atoms with Crippen molar-refractivity contribution in [2.45, 2.75) is 13.5 Å². The van der Waals surface area contributed by atoms with E-state index in [1.807, 2.05) is 0 Å². The molecule has 0 atom stereocenters. The Kier molecular flexibility index (Phi) is 4.31. The zero-order valence-electron chi connectivity index (χ0n) is 9.71. The maximum atomic E-state index is 11.2. The van der Waals surface area contributed by atoms with Crippen LogP contribution in [0, 0.1) is 10.1 Å². The van der Waals surface area contributed by atoms with Crippen molar-refractivity contribution in [1.29, 1.82) is 0 Å². The number of hydrogen-bond donors (Lipinski definition) is 0. The van der Waals surface area contributed by atoms with Gasteiger partial charge in [0.15, 0.2) is 0 Å². The van der Waals surface area contributed by atoms with Gasteiger partial charge in [-0.2, -0.15) is 0 Å². The second-order valence-electron chi connectivity index (χ2n) is 3.66. The van der Waals surface area contributed by atoms with E-state index in [2.05, 4.69) is 6.58 Å². The molecule has 1 aromatic carbocycles. The number of non-ortho nitro benzene ring substituents is 1. The number of nitro benzene ring substituents is 1. The van der Waals surface area contributed by atoms with Crippen molar-refractivity contribution in [3.8, 4) is 0 Å². The van der Waals surface area contributed by atoms with E-state index in [9.17, 15) is 19.7 Å². The molecule has 0 amide bonds. The highest BCUT2D eigenvalue weighted by Crippen LogP contribution is 2.17. The Morgan fingerprint density at radius 3 is 2.67 bits per heavy atom. The van der Waals surface area contributed by atoms with Crippen LogP contribution < -0.4 is 0 Å². The largest absolute Gasteiger partial charge is 0.457 e. The lowest BCUT2D eigenvalue weighted by molar-refractivity contribution is -0.385. The number of ether oxygens (including phenoxy) is 1. The van der Waals surface area contributed by atoms with Crippen LogP contribution in [0.4, 0.5) is 5.69 Å². The van der Waals surface area contributed by atoms with Gasteiger partial charge in [0.25, 0.3) is 5.69 Å². The molecule has 18 heavy (non-hydrogen) atoms. The zero-order chi connectivity index (χ0) is 13.7. The third-order valence-electron chi connectivity index (χ3n) is 2.07. The van der Waals surface area contributed by atoms with Gasteiger partial charge in [-0.1, -0.05) is 6.58 Å². The van der Waals surface area contributed by atoms with E-state index in [1.54, 1.807) is 0 Å². The summed E-state index contributed by atoms with van der Waals surface area (Å²) in [6, 6.07) is 3.82. The predicted molar refractivity (Wildman–Crippen MR) is 63.1 cm³/mol. The van der Waals surface area contributed by atoms with E-state index < -0.39 is 10.9 Å². The van der Waals surface area contributed by atoms with Crippen molar-refractivity contribution in [3.63, 3.8) is 0 Å². The summed E-state index contributed by atoms with van der Waals surface area (Å²) in [5.74, 6) is -0.589. The van der Waals surface area contributed by atoms with Gasteiger partial charge >= 0.3 is 5.97 Å². The van der Waals surface area contributed by atoms with Gasteiger partial charge in [0.1, 0.15) is 12.9 Å². The van der Waals surface area contributed by atoms with Crippen LogP contribution in [0.5, 0.6) is 0 Å². The van der Waals surface area contributed by atoms with Crippen molar-refractivity contribution in [1.82, 2.24) is 0 Å². The molecular weight excluding hydrogens is 238 g/mol. The van der Waals surface area contributed by atoms with Gasteiger partial charge in [0, 0.05) is 23.3 Å². The number of rotatable bonds is 5. The first-order valence-corrected chi connectivity index (χ1v) is 5.00. The molecule has 94 valence electrons. The molecule has 6 nitrogen and oxygen atoms in total. The number of carbonyl (C=O) groups is 2. The number of esters is 1. The minimum atomic E-state index is -0.614. The maximum absolute atomic E-state index is 11.2. The molecule has 0 unspecified atom stereocenters. The van der Waals surface area contributed by atoms with Gasteiger partial charge in [0.2, 0.25) is 0 Å². The molecule has 0 saturated carbocycles. The normalized spacial score (nSPS) is 9.61. The van der Waals surface area contributed by atoms with Crippen LogP contribution in [0.25, 0.3) is 0 Å². The van der Waals surface area contributed by atoms with Gasteiger partial charge in [-0.3, -0.25) is 14.9 Å². The van der Waals surface area contributed by atoms with E-state index in [0.29, 0.717) is 11.8 Å². The van der Waals surface area contributed by atoms with Gasteiger partial charge in [0.05, 0.1) is 4.92 Å². The summed E-state index contributed by atoms with van der Waals surface area (Å²) < 4.78 is 4.85. The first-order chi connectivity index (χ1) is 8.43. The van der Waals surface area contributed by atoms with Crippen LogP contribution in [-0.2, 0) is 16.1 Å². The Labute approximate surface area is 103 Å². The average molecular weight is 249 g/mol. The second kappa shape index (κ2) is 5.72. The summed E-state index contributed by atoms with van der Waals surface area (Å²) >= 11 is 0. The summed E-state index contributed by atoms with van der Waals surface area (Å²) in [5.41, 5.74) is 0.545. The Morgan fingerprint density at radius 1 is 1.50 bits per heavy atom. The van der Waals surface area contributed by atoms with Crippen LogP contribution in [0.15, 0.2) is 30.4 Å². The lowest BCUT2D eigenvalue weighted by Crippen LogP contribution is -2.05. The van der Waals surface area contributed by atoms with Crippen molar-refractivity contribution in [3.05, 3.63) is 51.6 Å². The van der Waals surface area contributed by atoms with E-state index >= 15 is 0 Å². The molecule has 0 aliphatic heterocycles. The topological polar surface area (TPSA) is 86.5 Å². The first-order valence-electron chi connectivity index (χ1n) is 5.00. The Hall–Kier alpha value is -2.50. The van der Waals surface area contributed by atoms with Crippen molar-refractivity contribution in [2.75, 3.05) is 0 Å². The Balaban J connectivity index is 2.91. The summed E-state index contributed by atoms with van der Waals surface area (Å²) in [5, 5.41) is 10.6. The number of aldehydes is 1. The molecule has 0 aromatic heterocycles. The highest BCUT2D eigenvalue weighted by molar-refractivity contribution is 5.87. The predicted octanol–water partition coefficient (Wildman–Crippen LogP) is 2.03. The standard InChI is InChI=1S/C12H11NO5/c1-8(2)12(15)18-7-10-3-9(6-14)4-11(5-10)13(16)17/h3-6H,1,7H2,2H3. The zero-order valence-corrected chi connectivity index (χ0v) is 9.71. The number of nitro groups is 1. The van der Waals surface area contributed by atoms with Crippen molar-refractivity contribution < 1.29 is 19.2 Å². The Bertz CT molecular complexity index is 521. The highest BCUT2D eigenvalue weighted by atomic mass is 16.6. The molecule has 0 radical (unpaired) electrons. The van der Waals surface area contributed by atoms with Crippen molar-refractivity contribution in [2.24, 2.45) is 0 Å². The molecule has 1 rings (SSSR count). The third kappa shape index (κ3) is 3.51. The highest BCUT2D eigenvalue weighted by Gasteiger charge is 2.11. The molecule has 0 saturated heterocycles. The first kappa shape index (κ1) is 13.6. The van der Waals surface area contributed by atoms with Gasteiger partial charge in [-0.15, -0.1) is 0 Å². The second-order valence-corrected chi connectivity index (χ2v) is 3.66. The Morgan fingerprint density at radius 2 is 2.17 bits per heavy atom. The van der Waals surface area contributed by atoms with E-state index in [4.69, 9.17) is 4.74 Å². The monoisotopic (exact) mass is 249 g/mol. The lowest BCUT2D eigenvalue weighted by atomic mass is 10.1. The van der Waals surface area contributed by atoms with Crippen LogP contribution in [0.2, 0.25) is 0 Å². The molecule has 0 spiro atoms. The fourth-order valence-electron chi connectivity index (χ4n) is 1.23. The number of benzene rings is 1. The van der Waals surface area contributed by atoms with Crippen LogP contribution >= 0.6 is 0 Å². The minimum absolute atomic E-state index is 0.145. The average Bonchev–Trinajstić information content (AvgIpc) is 2.35. The lowest BCUT2D eigenvalue weighted by Gasteiger charge is -2.05. The summed E-state index contributed by atoms with van der Waals surface area (Å²) in [7, 11) is 0. The number of nitrogens with zero attached hydrogens (tertiary/aromatic N) is 1. The van der Waals surface area contributed by atoms with Gasteiger partial charge in [-0.05, 0) is 18.6 Å². The van der Waals surface area contributed by atoms with Gasteiger partial charge < -0.3 is 4.74 Å². The fraction of sp³-hybridized carbons (Fsp3) is 0.167. The molecular formula is C12H11NO5. The van der Waals surface area contributed by atoms with Crippen LogP contribution in [-0.4, -0.2) is 17.2 Å². The van der Waals surface area contributed by atoms with E-state index in [-0.39, 0.29) is 23.4 Å². The van der Waals surface area contributed by atoms with Crippen LogP contribution in [0.3, 0.4) is 0 Å². The minimum Gasteiger partial charge on any atom is -0.457 e. The molecule has 0 fully saturated rings.